The molecule has 0 aliphatic carbocycles. The van der Waals surface area contributed by atoms with Crippen LogP contribution in [-0.4, -0.2) is 15.5 Å². The van der Waals surface area contributed by atoms with E-state index in [1.807, 2.05) is 39.0 Å². The van der Waals surface area contributed by atoms with Crippen LogP contribution in [0.25, 0.3) is 0 Å². The van der Waals surface area contributed by atoms with Crippen molar-refractivity contribution in [3.63, 3.8) is 0 Å². The maximum Gasteiger partial charge on any atom is 0.144 e. The first-order valence-electron chi connectivity index (χ1n) is 5.47. The van der Waals surface area contributed by atoms with Crippen molar-refractivity contribution in [3.05, 3.63) is 49.1 Å². The fraction of sp³-hybridized carbons (Fsp3) is 0.357. The molecular weight excluding hydrogens is 230 g/mol. The normalized spacial score (nSPS) is 15.4. The predicted molar refractivity (Wildman–Crippen MR) is 78.6 cm³/mol. The Hall–Kier alpha value is -1.06. The quantitative estimate of drug-likeness (QED) is 0.402. The molecule has 2 nitrogen and oxygen atoms in total. The molecule has 1 unspecified atom stereocenters. The molecule has 0 saturated heterocycles. The van der Waals surface area contributed by atoms with E-state index in [2.05, 4.69) is 17.6 Å². The van der Waals surface area contributed by atoms with E-state index < -0.39 is 11.4 Å². The minimum atomic E-state index is -1.19. The summed E-state index contributed by atoms with van der Waals surface area (Å²) in [5.74, 6) is 0. The van der Waals surface area contributed by atoms with Crippen molar-refractivity contribution < 1.29 is 4.55 Å². The molecule has 1 atom stereocenters. The van der Waals surface area contributed by atoms with Crippen LogP contribution < -0.4 is 0 Å². The van der Waals surface area contributed by atoms with Gasteiger partial charge in [0.05, 0.1) is 6.21 Å². The number of rotatable bonds is 6. The van der Waals surface area contributed by atoms with E-state index in [9.17, 15) is 4.55 Å². The highest BCUT2D eigenvalue weighted by molar-refractivity contribution is 7.91. The average Bonchev–Trinajstić information content (AvgIpc) is 2.24. The molecule has 0 aromatic rings. The third-order valence-corrected chi connectivity index (χ3v) is 3.19. The van der Waals surface area contributed by atoms with Gasteiger partial charge in [0.2, 0.25) is 0 Å². The van der Waals surface area contributed by atoms with Crippen LogP contribution in [0.15, 0.2) is 53.5 Å². The molecule has 0 aliphatic rings. The van der Waals surface area contributed by atoms with Crippen molar-refractivity contribution in [1.29, 1.82) is 0 Å². The third-order valence-electron chi connectivity index (χ3n) is 1.80. The van der Waals surface area contributed by atoms with Crippen LogP contribution in [0, 0.1) is 0 Å². The highest BCUT2D eigenvalue weighted by Crippen LogP contribution is 2.16. The van der Waals surface area contributed by atoms with Gasteiger partial charge in [-0.3, -0.25) is 0 Å². The molecule has 0 aromatic heterocycles. The van der Waals surface area contributed by atoms with Gasteiger partial charge in [-0.15, -0.1) is 0 Å². The fourth-order valence-corrected chi connectivity index (χ4v) is 1.43. The first-order valence-corrected chi connectivity index (χ1v) is 6.57. The van der Waals surface area contributed by atoms with Gasteiger partial charge in [0.25, 0.3) is 0 Å². The zero-order chi connectivity index (χ0) is 13.3. The molecule has 0 aromatic carbocycles. The van der Waals surface area contributed by atoms with Crippen LogP contribution in [0.3, 0.4) is 0 Å². The van der Waals surface area contributed by atoms with Gasteiger partial charge in [0.15, 0.2) is 0 Å². The van der Waals surface area contributed by atoms with E-state index in [-0.39, 0.29) is 4.75 Å². The summed E-state index contributed by atoms with van der Waals surface area (Å²) in [6.07, 6.45) is 11.4. The maximum absolute atomic E-state index is 11.7. The Balaban J connectivity index is 4.46. The summed E-state index contributed by atoms with van der Waals surface area (Å²) in [5, 5.41) is 0. The van der Waals surface area contributed by atoms with Crippen LogP contribution in [0.5, 0.6) is 0 Å². The van der Waals surface area contributed by atoms with Crippen molar-refractivity contribution in [3.8, 4) is 0 Å². The van der Waals surface area contributed by atoms with E-state index in [0.29, 0.717) is 6.42 Å². The lowest BCUT2D eigenvalue weighted by molar-refractivity contribution is 0.561. The summed E-state index contributed by atoms with van der Waals surface area (Å²) in [6, 6.07) is 0. The van der Waals surface area contributed by atoms with Crippen molar-refractivity contribution >= 4 is 17.6 Å². The lowest BCUT2D eigenvalue weighted by atomic mass is 10.1. The highest BCUT2D eigenvalue weighted by atomic mass is 32.2. The molecule has 0 spiro atoms. The van der Waals surface area contributed by atoms with Gasteiger partial charge in [-0.05, 0) is 26.3 Å². The highest BCUT2D eigenvalue weighted by Gasteiger charge is 2.25. The topological polar surface area (TPSA) is 35.4 Å². The Morgan fingerprint density at radius 2 is 1.94 bits per heavy atom. The van der Waals surface area contributed by atoms with Crippen LogP contribution >= 0.6 is 0 Å². The van der Waals surface area contributed by atoms with E-state index in [4.69, 9.17) is 0 Å². The smallest absolute Gasteiger partial charge is 0.144 e. The van der Waals surface area contributed by atoms with E-state index in [1.54, 1.807) is 18.4 Å². The first kappa shape index (κ1) is 15.9. The zero-order valence-electron chi connectivity index (χ0n) is 10.8. The standard InChI is InChI=1S/C14H21NOS/c1-6-8-10-13(9-7-2)11-12-15-17(16)14(3,4)5/h6-10,12H,1-2,11H2,3-5H3/b10-8-,13-9+,15-12?. The fourth-order valence-electron chi connectivity index (χ4n) is 0.903. The van der Waals surface area contributed by atoms with Gasteiger partial charge in [0.1, 0.15) is 16.1 Å². The summed E-state index contributed by atoms with van der Waals surface area (Å²) in [5.41, 5.74) is 1.05. The van der Waals surface area contributed by atoms with Gasteiger partial charge in [-0.1, -0.05) is 47.9 Å². The van der Waals surface area contributed by atoms with E-state index >= 15 is 0 Å². The van der Waals surface area contributed by atoms with E-state index in [0.717, 1.165) is 5.57 Å². The maximum atomic E-state index is 11.7. The summed E-state index contributed by atoms with van der Waals surface area (Å²) in [7, 11) is 0. The average molecular weight is 251 g/mol. The molecule has 0 amide bonds. The minimum Gasteiger partial charge on any atom is -0.591 e. The van der Waals surface area contributed by atoms with Crippen LogP contribution in [0.4, 0.5) is 0 Å². The van der Waals surface area contributed by atoms with Crippen molar-refractivity contribution in [2.45, 2.75) is 31.9 Å². The SMILES string of the molecule is C=C/C=C\C(=C/C=C)CC=N[S+]([O-])C(C)(C)C. The Bertz CT molecular complexity index is 335. The van der Waals surface area contributed by atoms with Crippen molar-refractivity contribution in [2.24, 2.45) is 4.40 Å². The van der Waals surface area contributed by atoms with Crippen LogP contribution in [-0.2, 0) is 11.4 Å². The molecule has 0 radical (unpaired) electrons. The summed E-state index contributed by atoms with van der Waals surface area (Å²) in [6.45, 7) is 13.0. The molecule has 0 saturated carbocycles. The predicted octanol–water partition coefficient (Wildman–Crippen LogP) is 3.76. The largest absolute Gasteiger partial charge is 0.591 e. The Morgan fingerprint density at radius 1 is 1.29 bits per heavy atom. The molecule has 0 heterocycles. The summed E-state index contributed by atoms with van der Waals surface area (Å²) < 4.78 is 15.4. The summed E-state index contributed by atoms with van der Waals surface area (Å²) in [4.78, 5) is 0. The number of hydrogen-bond donors (Lipinski definition) is 0. The Kier molecular flexibility index (Phi) is 7.59. The van der Waals surface area contributed by atoms with Crippen LogP contribution in [0.1, 0.15) is 27.2 Å². The molecule has 0 aliphatic heterocycles. The zero-order valence-corrected chi connectivity index (χ0v) is 11.7. The first-order chi connectivity index (χ1) is 7.91. The Labute approximate surface area is 108 Å². The number of allylic oxidation sites excluding steroid dienone is 6. The molecule has 94 valence electrons. The Morgan fingerprint density at radius 3 is 2.41 bits per heavy atom. The van der Waals surface area contributed by atoms with Gasteiger partial charge >= 0.3 is 0 Å². The van der Waals surface area contributed by atoms with Gasteiger partial charge in [-0.2, -0.15) is 0 Å². The summed E-state index contributed by atoms with van der Waals surface area (Å²) >= 11 is -1.19. The van der Waals surface area contributed by atoms with Crippen LogP contribution in [0.2, 0.25) is 0 Å². The minimum absolute atomic E-state index is 0.310. The lowest BCUT2D eigenvalue weighted by Gasteiger charge is -2.17. The van der Waals surface area contributed by atoms with Crippen molar-refractivity contribution in [2.75, 3.05) is 0 Å². The molecule has 0 N–H and O–H groups in total. The second kappa shape index (κ2) is 8.09. The molecule has 17 heavy (non-hydrogen) atoms. The molecule has 0 fully saturated rings. The molecule has 0 bridgehead atoms. The van der Waals surface area contributed by atoms with Gasteiger partial charge in [-0.25, -0.2) is 0 Å². The molecule has 0 rings (SSSR count). The third kappa shape index (κ3) is 7.77. The molecule has 3 heteroatoms. The molecular formula is C14H21NOS. The lowest BCUT2D eigenvalue weighted by Crippen LogP contribution is -2.25. The van der Waals surface area contributed by atoms with Gasteiger partial charge < -0.3 is 4.55 Å². The van der Waals surface area contributed by atoms with E-state index in [1.165, 1.54) is 0 Å². The second-order valence-electron chi connectivity index (χ2n) is 4.43. The number of hydrogen-bond acceptors (Lipinski definition) is 2. The second-order valence-corrected chi connectivity index (χ2v) is 6.36. The number of nitrogens with zero attached hydrogens (tertiary/aromatic N) is 1. The van der Waals surface area contributed by atoms with Crippen molar-refractivity contribution in [1.82, 2.24) is 0 Å². The monoisotopic (exact) mass is 251 g/mol. The van der Waals surface area contributed by atoms with Gasteiger partial charge in [0, 0.05) is 6.42 Å².